The Labute approximate surface area is 108 Å². The fourth-order valence-electron chi connectivity index (χ4n) is 1.81. The first-order chi connectivity index (χ1) is 7.29. The molecule has 0 atom stereocenters. The third kappa shape index (κ3) is 3.58. The lowest BCUT2D eigenvalue weighted by atomic mass is 10.2. The minimum Gasteiger partial charge on any atom is -0.295 e. The van der Waals surface area contributed by atoms with Gasteiger partial charge in [-0.15, -0.1) is 0 Å². The molecule has 1 aliphatic carbocycles. The van der Waals surface area contributed by atoms with Crippen LogP contribution < -0.4 is 0 Å². The van der Waals surface area contributed by atoms with Crippen molar-refractivity contribution >= 4 is 31.9 Å². The van der Waals surface area contributed by atoms with Crippen LogP contribution >= 0.6 is 31.9 Å². The zero-order valence-corrected chi connectivity index (χ0v) is 11.8. The summed E-state index contributed by atoms with van der Waals surface area (Å²) < 4.78 is 1.18. The predicted molar refractivity (Wildman–Crippen MR) is 71.4 cm³/mol. The summed E-state index contributed by atoms with van der Waals surface area (Å²) in [7, 11) is 0. The molecule has 1 aromatic rings. The van der Waals surface area contributed by atoms with Crippen LogP contribution in [0.5, 0.6) is 0 Å². The first-order valence-corrected chi connectivity index (χ1v) is 7.25. The lowest BCUT2D eigenvalue weighted by Gasteiger charge is -2.20. The van der Waals surface area contributed by atoms with Crippen LogP contribution in [-0.4, -0.2) is 22.8 Å². The average Bonchev–Trinajstić information content (AvgIpc) is 3.00. The molecule has 0 aliphatic heterocycles. The molecule has 0 bridgehead atoms. The van der Waals surface area contributed by atoms with Crippen LogP contribution in [0.4, 0.5) is 0 Å². The second kappa shape index (κ2) is 5.46. The summed E-state index contributed by atoms with van der Waals surface area (Å²) in [6.07, 6.45) is 2.75. The van der Waals surface area contributed by atoms with E-state index in [4.69, 9.17) is 0 Å². The summed E-state index contributed by atoms with van der Waals surface area (Å²) >= 11 is 7.04. The molecular weight excluding hydrogens is 318 g/mol. The molecule has 0 spiro atoms. The van der Waals surface area contributed by atoms with Crippen molar-refractivity contribution in [2.75, 3.05) is 11.9 Å². The summed E-state index contributed by atoms with van der Waals surface area (Å²) in [6.45, 7) is 2.23. The van der Waals surface area contributed by atoms with Crippen LogP contribution in [0.2, 0.25) is 0 Å². The third-order valence-corrected chi connectivity index (χ3v) is 3.56. The Morgan fingerprint density at radius 2 is 2.13 bits per heavy atom. The normalized spacial score (nSPS) is 15.9. The number of hydrogen-bond donors (Lipinski definition) is 0. The van der Waals surface area contributed by atoms with Gasteiger partial charge < -0.3 is 0 Å². The standard InChI is InChI=1S/C12H15Br2N/c13-6-7-15(12-4-5-12)9-10-2-1-3-11(14)8-10/h1-3,8,12H,4-7,9H2. The molecule has 1 aromatic carbocycles. The molecule has 15 heavy (non-hydrogen) atoms. The van der Waals surface area contributed by atoms with E-state index in [2.05, 4.69) is 61.0 Å². The van der Waals surface area contributed by atoms with Crippen LogP contribution in [0.3, 0.4) is 0 Å². The zero-order valence-electron chi connectivity index (χ0n) is 8.63. The van der Waals surface area contributed by atoms with Crippen molar-refractivity contribution in [3.05, 3.63) is 34.3 Å². The van der Waals surface area contributed by atoms with Crippen molar-refractivity contribution < 1.29 is 0 Å². The SMILES string of the molecule is BrCCN(Cc1cccc(Br)c1)C1CC1. The van der Waals surface area contributed by atoms with Gasteiger partial charge in [0.2, 0.25) is 0 Å². The lowest BCUT2D eigenvalue weighted by Crippen LogP contribution is -2.27. The fourth-order valence-corrected chi connectivity index (χ4v) is 2.71. The molecule has 0 saturated heterocycles. The molecule has 82 valence electrons. The monoisotopic (exact) mass is 331 g/mol. The highest BCUT2D eigenvalue weighted by Gasteiger charge is 2.28. The van der Waals surface area contributed by atoms with E-state index >= 15 is 0 Å². The molecule has 1 saturated carbocycles. The van der Waals surface area contributed by atoms with Gasteiger partial charge >= 0.3 is 0 Å². The second-order valence-electron chi connectivity index (χ2n) is 4.02. The first kappa shape index (κ1) is 11.6. The van der Waals surface area contributed by atoms with Crippen molar-refractivity contribution in [1.82, 2.24) is 4.90 Å². The van der Waals surface area contributed by atoms with Gasteiger partial charge in [0.15, 0.2) is 0 Å². The summed E-state index contributed by atoms with van der Waals surface area (Å²) in [5, 5.41) is 1.07. The van der Waals surface area contributed by atoms with Crippen molar-refractivity contribution in [2.45, 2.75) is 25.4 Å². The van der Waals surface area contributed by atoms with Gasteiger partial charge in [0.25, 0.3) is 0 Å². The highest BCUT2D eigenvalue weighted by Crippen LogP contribution is 2.28. The topological polar surface area (TPSA) is 3.24 Å². The Bertz CT molecular complexity index is 323. The van der Waals surface area contributed by atoms with Crippen LogP contribution in [0.15, 0.2) is 28.7 Å². The Balaban J connectivity index is 1.98. The molecule has 0 amide bonds. The molecule has 0 aromatic heterocycles. The van der Waals surface area contributed by atoms with Crippen LogP contribution in [-0.2, 0) is 6.54 Å². The molecule has 0 N–H and O–H groups in total. The molecule has 2 rings (SSSR count). The average molecular weight is 333 g/mol. The van der Waals surface area contributed by atoms with Gasteiger partial charge in [-0.3, -0.25) is 4.90 Å². The van der Waals surface area contributed by atoms with Crippen LogP contribution in [0.1, 0.15) is 18.4 Å². The number of halogens is 2. The Kier molecular flexibility index (Phi) is 4.23. The maximum Gasteiger partial charge on any atom is 0.0237 e. The van der Waals surface area contributed by atoms with Gasteiger partial charge in [0.1, 0.15) is 0 Å². The molecule has 1 fully saturated rings. The number of nitrogens with zero attached hydrogens (tertiary/aromatic N) is 1. The Morgan fingerprint density at radius 1 is 1.33 bits per heavy atom. The minimum absolute atomic E-state index is 0.835. The minimum atomic E-state index is 0.835. The molecular formula is C12H15Br2N. The molecule has 0 unspecified atom stereocenters. The quantitative estimate of drug-likeness (QED) is 0.741. The smallest absolute Gasteiger partial charge is 0.0237 e. The van der Waals surface area contributed by atoms with Crippen molar-refractivity contribution in [3.63, 3.8) is 0 Å². The van der Waals surface area contributed by atoms with E-state index in [0.29, 0.717) is 0 Å². The fraction of sp³-hybridized carbons (Fsp3) is 0.500. The molecule has 3 heteroatoms. The Morgan fingerprint density at radius 3 is 2.73 bits per heavy atom. The molecule has 1 nitrogen and oxygen atoms in total. The summed E-state index contributed by atoms with van der Waals surface area (Å²) in [5.41, 5.74) is 1.40. The van der Waals surface area contributed by atoms with E-state index in [0.717, 1.165) is 24.5 Å². The summed E-state index contributed by atoms with van der Waals surface area (Å²) in [5.74, 6) is 0. The molecule has 1 aliphatic rings. The van der Waals surface area contributed by atoms with E-state index in [1.54, 1.807) is 0 Å². The van der Waals surface area contributed by atoms with Gasteiger partial charge in [-0.2, -0.15) is 0 Å². The highest BCUT2D eigenvalue weighted by atomic mass is 79.9. The van der Waals surface area contributed by atoms with Gasteiger partial charge in [0.05, 0.1) is 0 Å². The largest absolute Gasteiger partial charge is 0.295 e. The van der Waals surface area contributed by atoms with Crippen LogP contribution in [0.25, 0.3) is 0 Å². The predicted octanol–water partition coefficient (Wildman–Crippen LogP) is 3.81. The van der Waals surface area contributed by atoms with E-state index in [-0.39, 0.29) is 0 Å². The summed E-state index contributed by atoms with van der Waals surface area (Å²) in [6, 6.07) is 9.44. The van der Waals surface area contributed by atoms with Gasteiger partial charge in [-0.1, -0.05) is 44.0 Å². The maximum atomic E-state index is 3.52. The van der Waals surface area contributed by atoms with Crippen molar-refractivity contribution in [1.29, 1.82) is 0 Å². The zero-order chi connectivity index (χ0) is 10.7. The van der Waals surface area contributed by atoms with Gasteiger partial charge in [0, 0.05) is 28.9 Å². The first-order valence-electron chi connectivity index (χ1n) is 5.34. The summed E-state index contributed by atoms with van der Waals surface area (Å²) in [4.78, 5) is 2.57. The molecule has 0 heterocycles. The third-order valence-electron chi connectivity index (χ3n) is 2.71. The Hall–Kier alpha value is 0.140. The highest BCUT2D eigenvalue weighted by molar-refractivity contribution is 9.10. The number of alkyl halides is 1. The van der Waals surface area contributed by atoms with E-state index in [1.807, 2.05) is 0 Å². The van der Waals surface area contributed by atoms with E-state index < -0.39 is 0 Å². The van der Waals surface area contributed by atoms with Gasteiger partial charge in [-0.05, 0) is 30.5 Å². The van der Waals surface area contributed by atoms with Gasteiger partial charge in [-0.25, -0.2) is 0 Å². The number of benzene rings is 1. The lowest BCUT2D eigenvalue weighted by molar-refractivity contribution is 0.272. The maximum absolute atomic E-state index is 3.52. The molecule has 0 radical (unpaired) electrons. The van der Waals surface area contributed by atoms with E-state index in [1.165, 1.54) is 22.9 Å². The number of rotatable bonds is 5. The van der Waals surface area contributed by atoms with Crippen molar-refractivity contribution in [2.24, 2.45) is 0 Å². The van der Waals surface area contributed by atoms with Crippen LogP contribution in [0, 0.1) is 0 Å². The van der Waals surface area contributed by atoms with Crippen molar-refractivity contribution in [3.8, 4) is 0 Å². The second-order valence-corrected chi connectivity index (χ2v) is 5.73. The van der Waals surface area contributed by atoms with E-state index in [9.17, 15) is 0 Å². The number of hydrogen-bond acceptors (Lipinski definition) is 1.